The fourth-order valence-corrected chi connectivity index (χ4v) is 4.02. The van der Waals surface area contributed by atoms with Crippen molar-refractivity contribution >= 4 is 34.9 Å². The van der Waals surface area contributed by atoms with E-state index in [0.717, 1.165) is 20.9 Å². The molecule has 0 atom stereocenters. The Hall–Kier alpha value is -3.97. The molecule has 2 N–H and O–H groups in total. The quantitative estimate of drug-likeness (QED) is 0.392. The average Bonchev–Trinajstić information content (AvgIpc) is 3.49. The van der Waals surface area contributed by atoms with E-state index in [-0.39, 0.29) is 18.4 Å². The van der Waals surface area contributed by atoms with Crippen molar-refractivity contribution in [2.45, 2.75) is 13.1 Å². The number of nitrogens with one attached hydrogen (secondary N) is 2. The Morgan fingerprint density at radius 2 is 1.88 bits per heavy atom. The van der Waals surface area contributed by atoms with E-state index in [1.807, 2.05) is 54.6 Å². The summed E-state index contributed by atoms with van der Waals surface area (Å²) < 4.78 is 1.56. The van der Waals surface area contributed by atoms with E-state index in [1.165, 1.54) is 6.08 Å². The first-order valence-electron chi connectivity index (χ1n) is 10.1. The van der Waals surface area contributed by atoms with Gasteiger partial charge in [-0.2, -0.15) is 5.10 Å². The fraction of sp³-hybridized carbons (Fsp3) is 0.0800. The summed E-state index contributed by atoms with van der Waals surface area (Å²) in [6.45, 7) is 0.513. The number of hydrogen-bond donors (Lipinski definition) is 2. The molecule has 0 saturated carbocycles. The maximum atomic E-state index is 12.2. The smallest absolute Gasteiger partial charge is 0.246 e. The Morgan fingerprint density at radius 3 is 2.69 bits per heavy atom. The number of benzene rings is 2. The number of thiophene rings is 1. The van der Waals surface area contributed by atoms with E-state index in [4.69, 9.17) is 0 Å². The third-order valence-corrected chi connectivity index (χ3v) is 5.73. The third-order valence-electron chi connectivity index (χ3n) is 4.63. The normalized spacial score (nSPS) is 10.9. The minimum Gasteiger partial charge on any atom is -0.348 e. The molecule has 160 valence electrons. The predicted molar refractivity (Wildman–Crippen MR) is 128 cm³/mol. The number of aromatic nitrogens is 2. The molecule has 2 aromatic heterocycles. The summed E-state index contributed by atoms with van der Waals surface area (Å²) in [6, 6.07) is 23.4. The molecule has 0 radical (unpaired) electrons. The summed E-state index contributed by atoms with van der Waals surface area (Å²) in [4.78, 5) is 26.5. The van der Waals surface area contributed by atoms with Gasteiger partial charge in [0, 0.05) is 40.5 Å². The summed E-state index contributed by atoms with van der Waals surface area (Å²) in [5, 5.41) is 9.75. The van der Waals surface area contributed by atoms with Gasteiger partial charge in [-0.3, -0.25) is 14.3 Å². The molecule has 0 aliphatic rings. The molecular formula is C25H22N4O2S. The Labute approximate surface area is 190 Å². The van der Waals surface area contributed by atoms with Gasteiger partial charge in [-0.25, -0.2) is 0 Å². The zero-order chi connectivity index (χ0) is 22.2. The maximum Gasteiger partial charge on any atom is 0.246 e. The molecule has 2 aromatic carbocycles. The summed E-state index contributed by atoms with van der Waals surface area (Å²) in [5.74, 6) is -0.337. The van der Waals surface area contributed by atoms with Gasteiger partial charge in [0.25, 0.3) is 0 Å². The van der Waals surface area contributed by atoms with E-state index in [0.29, 0.717) is 12.2 Å². The van der Waals surface area contributed by atoms with Crippen LogP contribution in [0, 0.1) is 0 Å². The van der Waals surface area contributed by atoms with Gasteiger partial charge in [-0.05, 0) is 47.5 Å². The Balaban J connectivity index is 1.28. The molecule has 0 bridgehead atoms. The second-order valence-electron chi connectivity index (χ2n) is 7.07. The van der Waals surface area contributed by atoms with Crippen molar-refractivity contribution in [3.63, 3.8) is 0 Å². The van der Waals surface area contributed by atoms with E-state index in [2.05, 4.69) is 33.9 Å². The van der Waals surface area contributed by atoms with Crippen LogP contribution in [0.4, 0.5) is 5.69 Å². The van der Waals surface area contributed by atoms with Gasteiger partial charge in [0.15, 0.2) is 0 Å². The van der Waals surface area contributed by atoms with Crippen LogP contribution in [0.25, 0.3) is 16.5 Å². The Bertz CT molecular complexity index is 1210. The molecule has 0 fully saturated rings. The lowest BCUT2D eigenvalue weighted by molar-refractivity contribution is -0.117. The number of anilines is 1. The number of hydrogen-bond acceptors (Lipinski definition) is 4. The molecule has 4 rings (SSSR count). The van der Waals surface area contributed by atoms with Crippen LogP contribution in [0.2, 0.25) is 0 Å². The highest BCUT2D eigenvalue weighted by Crippen LogP contribution is 2.28. The predicted octanol–water partition coefficient (Wildman–Crippen LogP) is 4.58. The monoisotopic (exact) mass is 442 g/mol. The number of carbonyl (C=O) groups excluding carboxylic acids is 2. The van der Waals surface area contributed by atoms with Gasteiger partial charge < -0.3 is 10.6 Å². The van der Waals surface area contributed by atoms with Crippen LogP contribution in [-0.2, 0) is 22.7 Å². The highest BCUT2D eigenvalue weighted by Gasteiger charge is 2.05. The molecule has 0 spiro atoms. The van der Waals surface area contributed by atoms with Crippen LogP contribution in [-0.4, -0.2) is 21.6 Å². The zero-order valence-corrected chi connectivity index (χ0v) is 18.1. The first kappa shape index (κ1) is 21.3. The van der Waals surface area contributed by atoms with Gasteiger partial charge in [-0.1, -0.05) is 42.5 Å². The molecular weight excluding hydrogens is 420 g/mol. The van der Waals surface area contributed by atoms with Gasteiger partial charge in [-0.15, -0.1) is 11.3 Å². The van der Waals surface area contributed by atoms with E-state index in [9.17, 15) is 9.59 Å². The van der Waals surface area contributed by atoms with Gasteiger partial charge in [0.1, 0.15) is 6.54 Å². The van der Waals surface area contributed by atoms with Crippen LogP contribution >= 0.6 is 11.3 Å². The number of rotatable bonds is 8. The van der Waals surface area contributed by atoms with Crippen LogP contribution < -0.4 is 10.6 Å². The van der Waals surface area contributed by atoms with E-state index < -0.39 is 0 Å². The summed E-state index contributed by atoms with van der Waals surface area (Å²) in [5.41, 5.74) is 2.74. The van der Waals surface area contributed by atoms with Crippen LogP contribution in [0.3, 0.4) is 0 Å². The second-order valence-corrected chi connectivity index (χ2v) is 8.19. The van der Waals surface area contributed by atoms with Gasteiger partial charge in [0.2, 0.25) is 11.8 Å². The van der Waals surface area contributed by atoms with Crippen molar-refractivity contribution in [3.05, 3.63) is 102 Å². The highest BCUT2D eigenvalue weighted by molar-refractivity contribution is 7.16. The third kappa shape index (κ3) is 6.02. The van der Waals surface area contributed by atoms with Crippen LogP contribution in [0.5, 0.6) is 0 Å². The molecule has 2 amide bonds. The molecule has 0 aliphatic carbocycles. The minimum atomic E-state index is -0.173. The van der Waals surface area contributed by atoms with E-state index in [1.54, 1.807) is 34.5 Å². The number of carbonyl (C=O) groups is 2. The second kappa shape index (κ2) is 10.4. The van der Waals surface area contributed by atoms with Gasteiger partial charge >= 0.3 is 0 Å². The van der Waals surface area contributed by atoms with Crippen molar-refractivity contribution in [3.8, 4) is 10.4 Å². The number of nitrogens with zero attached hydrogens (tertiary/aromatic N) is 2. The standard InChI is InChI=1S/C25H22N4O2S/c30-24(13-11-22-10-12-23(32-22)20-7-2-1-3-8-20)26-17-19-6-4-9-21(16-19)28-25(31)18-29-15-5-14-27-29/h1-16H,17-18H2,(H,26,30)(H,28,31)/b13-11+. The topological polar surface area (TPSA) is 76.0 Å². The molecule has 32 heavy (non-hydrogen) atoms. The highest BCUT2D eigenvalue weighted by atomic mass is 32.1. The molecule has 0 aliphatic heterocycles. The maximum absolute atomic E-state index is 12.2. The van der Waals surface area contributed by atoms with Gasteiger partial charge in [0.05, 0.1) is 0 Å². The summed E-state index contributed by atoms with van der Waals surface area (Å²) in [6.07, 6.45) is 6.72. The summed E-state index contributed by atoms with van der Waals surface area (Å²) in [7, 11) is 0. The zero-order valence-electron chi connectivity index (χ0n) is 17.3. The van der Waals surface area contributed by atoms with Crippen molar-refractivity contribution < 1.29 is 9.59 Å². The minimum absolute atomic E-state index is 0.146. The SMILES string of the molecule is O=C(/C=C/c1ccc(-c2ccccc2)s1)NCc1cccc(NC(=O)Cn2cccn2)c1. The van der Waals surface area contributed by atoms with E-state index >= 15 is 0 Å². The van der Waals surface area contributed by atoms with Crippen molar-refractivity contribution in [1.82, 2.24) is 15.1 Å². The van der Waals surface area contributed by atoms with Crippen molar-refractivity contribution in [1.29, 1.82) is 0 Å². The van der Waals surface area contributed by atoms with Crippen LogP contribution in [0.1, 0.15) is 10.4 Å². The van der Waals surface area contributed by atoms with Crippen molar-refractivity contribution in [2.24, 2.45) is 0 Å². The lowest BCUT2D eigenvalue weighted by Crippen LogP contribution is -2.21. The first-order valence-corrected chi connectivity index (χ1v) is 10.9. The first-order chi connectivity index (χ1) is 15.7. The molecule has 0 unspecified atom stereocenters. The molecule has 4 aromatic rings. The Kier molecular flexibility index (Phi) is 6.89. The molecule has 6 nitrogen and oxygen atoms in total. The van der Waals surface area contributed by atoms with Crippen LogP contribution in [0.15, 0.2) is 91.3 Å². The average molecular weight is 443 g/mol. The lowest BCUT2D eigenvalue weighted by atomic mass is 10.2. The lowest BCUT2D eigenvalue weighted by Gasteiger charge is -2.08. The number of amides is 2. The molecule has 2 heterocycles. The fourth-order valence-electron chi connectivity index (χ4n) is 3.11. The molecule has 0 saturated heterocycles. The molecule has 7 heteroatoms. The largest absolute Gasteiger partial charge is 0.348 e. The summed E-state index contributed by atoms with van der Waals surface area (Å²) >= 11 is 1.64. The Morgan fingerprint density at radius 1 is 1.00 bits per heavy atom. The van der Waals surface area contributed by atoms with Crippen molar-refractivity contribution in [2.75, 3.05) is 5.32 Å².